The van der Waals surface area contributed by atoms with E-state index in [1.54, 1.807) is 12.3 Å². The van der Waals surface area contributed by atoms with E-state index in [4.69, 9.17) is 11.6 Å². The van der Waals surface area contributed by atoms with Crippen LogP contribution < -0.4 is 10.6 Å². The summed E-state index contributed by atoms with van der Waals surface area (Å²) in [6.45, 7) is 6.79. The molecule has 4 nitrogen and oxygen atoms in total. The molecule has 0 spiro atoms. The third kappa shape index (κ3) is 5.80. The number of carbonyl (C=O) groups is 1. The summed E-state index contributed by atoms with van der Waals surface area (Å²) >= 11 is 9.16. The first kappa shape index (κ1) is 15.4. The van der Waals surface area contributed by atoms with E-state index in [-0.39, 0.29) is 16.6 Å². The van der Waals surface area contributed by atoms with Gasteiger partial charge in [0.05, 0.1) is 5.69 Å². The van der Waals surface area contributed by atoms with Crippen LogP contribution in [0.4, 0.5) is 5.69 Å². The van der Waals surface area contributed by atoms with Gasteiger partial charge in [-0.25, -0.2) is 4.98 Å². The maximum Gasteiger partial charge on any atom is 0.225 e. The Morgan fingerprint density at radius 2 is 2.17 bits per heavy atom. The highest BCUT2D eigenvalue weighted by molar-refractivity contribution is 9.10. The molecule has 6 heteroatoms. The van der Waals surface area contributed by atoms with Gasteiger partial charge in [0.25, 0.3) is 0 Å². The van der Waals surface area contributed by atoms with Gasteiger partial charge in [-0.1, -0.05) is 11.6 Å². The lowest BCUT2D eigenvalue weighted by molar-refractivity contribution is -0.116. The molecule has 0 aliphatic heterocycles. The van der Waals surface area contributed by atoms with Crippen molar-refractivity contribution in [2.45, 2.75) is 32.7 Å². The van der Waals surface area contributed by atoms with Crippen molar-refractivity contribution in [2.24, 2.45) is 0 Å². The molecule has 0 aliphatic carbocycles. The normalized spacial score (nSPS) is 11.4. The van der Waals surface area contributed by atoms with Gasteiger partial charge >= 0.3 is 0 Å². The minimum absolute atomic E-state index is 0.00918. The Morgan fingerprint density at radius 1 is 1.50 bits per heavy atom. The average molecular weight is 335 g/mol. The molecule has 1 rings (SSSR count). The number of anilines is 1. The van der Waals surface area contributed by atoms with Crippen LogP contribution in [0.25, 0.3) is 0 Å². The number of rotatable bonds is 4. The highest BCUT2D eigenvalue weighted by Crippen LogP contribution is 2.22. The number of halogens is 2. The van der Waals surface area contributed by atoms with E-state index in [0.29, 0.717) is 18.7 Å². The Kier molecular flexibility index (Phi) is 5.56. The third-order valence-corrected chi connectivity index (χ3v) is 2.82. The monoisotopic (exact) mass is 333 g/mol. The summed E-state index contributed by atoms with van der Waals surface area (Å²) in [4.78, 5) is 15.6. The van der Waals surface area contributed by atoms with Crippen LogP contribution in [0.2, 0.25) is 5.15 Å². The minimum atomic E-state index is -0.0893. The van der Waals surface area contributed by atoms with Gasteiger partial charge in [-0.2, -0.15) is 0 Å². The van der Waals surface area contributed by atoms with Crippen LogP contribution in [-0.4, -0.2) is 23.0 Å². The summed E-state index contributed by atoms with van der Waals surface area (Å²) in [6, 6.07) is 1.73. The summed E-state index contributed by atoms with van der Waals surface area (Å²) in [5.41, 5.74) is 0.529. The van der Waals surface area contributed by atoms with E-state index >= 15 is 0 Å². The molecule has 1 aromatic rings. The van der Waals surface area contributed by atoms with Crippen molar-refractivity contribution in [1.29, 1.82) is 0 Å². The summed E-state index contributed by atoms with van der Waals surface area (Å²) in [7, 11) is 0. The number of nitrogens with zero attached hydrogens (tertiary/aromatic N) is 1. The van der Waals surface area contributed by atoms with Crippen molar-refractivity contribution in [3.05, 3.63) is 21.9 Å². The largest absolute Gasteiger partial charge is 0.323 e. The first-order valence-electron chi connectivity index (χ1n) is 5.64. The number of pyridine rings is 1. The van der Waals surface area contributed by atoms with Crippen LogP contribution in [-0.2, 0) is 4.79 Å². The number of aromatic nitrogens is 1. The predicted octanol–water partition coefficient (Wildman–Crippen LogP) is 3.21. The maximum absolute atomic E-state index is 11.7. The van der Waals surface area contributed by atoms with Crippen molar-refractivity contribution in [2.75, 3.05) is 11.9 Å². The lowest BCUT2D eigenvalue weighted by atomic mass is 10.1. The zero-order valence-electron chi connectivity index (χ0n) is 10.7. The summed E-state index contributed by atoms with van der Waals surface area (Å²) < 4.78 is 0.773. The smallest absolute Gasteiger partial charge is 0.225 e. The molecule has 18 heavy (non-hydrogen) atoms. The number of hydrogen-bond acceptors (Lipinski definition) is 3. The number of nitrogens with one attached hydrogen (secondary N) is 2. The highest BCUT2D eigenvalue weighted by atomic mass is 79.9. The Bertz CT molecular complexity index is 432. The molecule has 0 unspecified atom stereocenters. The lowest BCUT2D eigenvalue weighted by Gasteiger charge is -2.20. The standard InChI is InChI=1S/C12H17BrClN3O/c1-12(2,3)16-5-4-10(18)17-9-6-8(13)7-15-11(9)14/h6-7,16H,4-5H2,1-3H3,(H,17,18). The second kappa shape index (κ2) is 6.50. The molecule has 0 saturated heterocycles. The summed E-state index contributed by atoms with van der Waals surface area (Å²) in [5, 5.41) is 6.27. The molecule has 1 aromatic heterocycles. The first-order valence-corrected chi connectivity index (χ1v) is 6.81. The average Bonchev–Trinajstić information content (AvgIpc) is 2.21. The first-order chi connectivity index (χ1) is 8.28. The molecular weight excluding hydrogens is 318 g/mol. The van der Waals surface area contributed by atoms with Crippen molar-refractivity contribution in [1.82, 2.24) is 10.3 Å². The molecular formula is C12H17BrClN3O. The van der Waals surface area contributed by atoms with Crippen LogP contribution in [0.3, 0.4) is 0 Å². The fourth-order valence-corrected chi connectivity index (χ4v) is 1.76. The van der Waals surface area contributed by atoms with Crippen molar-refractivity contribution < 1.29 is 4.79 Å². The molecule has 0 aromatic carbocycles. The lowest BCUT2D eigenvalue weighted by Crippen LogP contribution is -2.37. The van der Waals surface area contributed by atoms with Crippen LogP contribution in [0.15, 0.2) is 16.7 Å². The summed E-state index contributed by atoms with van der Waals surface area (Å²) in [5.74, 6) is -0.0893. The molecule has 0 bridgehead atoms. The van der Waals surface area contributed by atoms with E-state index in [9.17, 15) is 4.79 Å². The van der Waals surface area contributed by atoms with Crippen LogP contribution in [0.5, 0.6) is 0 Å². The second-order valence-electron chi connectivity index (χ2n) is 4.97. The number of carbonyl (C=O) groups excluding carboxylic acids is 1. The zero-order valence-corrected chi connectivity index (χ0v) is 13.0. The predicted molar refractivity (Wildman–Crippen MR) is 77.9 cm³/mol. The van der Waals surface area contributed by atoms with Gasteiger partial charge < -0.3 is 10.6 Å². The van der Waals surface area contributed by atoms with Crippen molar-refractivity contribution in [3.8, 4) is 0 Å². The SMILES string of the molecule is CC(C)(C)NCCC(=O)Nc1cc(Br)cnc1Cl. The van der Waals surface area contributed by atoms with Gasteiger partial charge in [0.15, 0.2) is 5.15 Å². The molecule has 0 atom stereocenters. The van der Waals surface area contributed by atoms with Gasteiger partial charge in [-0.15, -0.1) is 0 Å². The number of amides is 1. The van der Waals surface area contributed by atoms with Crippen molar-refractivity contribution >= 4 is 39.1 Å². The molecule has 0 aliphatic rings. The van der Waals surface area contributed by atoms with Gasteiger partial charge in [-0.05, 0) is 42.8 Å². The van der Waals surface area contributed by atoms with Crippen LogP contribution in [0.1, 0.15) is 27.2 Å². The van der Waals surface area contributed by atoms with Gasteiger partial charge in [0, 0.05) is 29.2 Å². The molecule has 0 saturated carbocycles. The van der Waals surface area contributed by atoms with E-state index in [1.165, 1.54) is 0 Å². The molecule has 0 fully saturated rings. The Hall–Kier alpha value is -0.650. The van der Waals surface area contributed by atoms with E-state index in [2.05, 4.69) is 52.3 Å². The topological polar surface area (TPSA) is 54.0 Å². The third-order valence-electron chi connectivity index (χ3n) is 2.09. The molecule has 2 N–H and O–H groups in total. The Balaban J connectivity index is 2.47. The zero-order chi connectivity index (χ0) is 13.8. The van der Waals surface area contributed by atoms with Gasteiger partial charge in [-0.3, -0.25) is 4.79 Å². The molecule has 100 valence electrons. The Labute approximate surface area is 121 Å². The maximum atomic E-state index is 11.7. The van der Waals surface area contributed by atoms with Crippen molar-refractivity contribution in [3.63, 3.8) is 0 Å². The van der Waals surface area contributed by atoms with E-state index in [0.717, 1.165) is 4.47 Å². The summed E-state index contributed by atoms with van der Waals surface area (Å²) in [6.07, 6.45) is 1.97. The van der Waals surface area contributed by atoms with Crippen LogP contribution >= 0.6 is 27.5 Å². The highest BCUT2D eigenvalue weighted by Gasteiger charge is 2.11. The van der Waals surface area contributed by atoms with Crippen LogP contribution in [0, 0.1) is 0 Å². The quantitative estimate of drug-likeness (QED) is 0.831. The number of hydrogen-bond donors (Lipinski definition) is 2. The fourth-order valence-electron chi connectivity index (χ4n) is 1.27. The Morgan fingerprint density at radius 3 is 2.78 bits per heavy atom. The van der Waals surface area contributed by atoms with E-state index < -0.39 is 0 Å². The van der Waals surface area contributed by atoms with Gasteiger partial charge in [0.1, 0.15) is 0 Å². The second-order valence-corrected chi connectivity index (χ2v) is 6.24. The minimum Gasteiger partial charge on any atom is -0.323 e. The molecule has 1 heterocycles. The van der Waals surface area contributed by atoms with E-state index in [1.807, 2.05) is 0 Å². The molecule has 1 amide bonds. The van der Waals surface area contributed by atoms with Gasteiger partial charge in [0.2, 0.25) is 5.91 Å². The fraction of sp³-hybridized carbons (Fsp3) is 0.500. The molecule has 0 radical (unpaired) electrons.